The summed E-state index contributed by atoms with van der Waals surface area (Å²) in [5.41, 5.74) is 0. The first kappa shape index (κ1) is 18.5. The van der Waals surface area contributed by atoms with Crippen molar-refractivity contribution in [3.05, 3.63) is 12.2 Å². The van der Waals surface area contributed by atoms with E-state index in [9.17, 15) is 0 Å². The van der Waals surface area contributed by atoms with Crippen molar-refractivity contribution in [2.75, 3.05) is 25.1 Å². The van der Waals surface area contributed by atoms with Crippen LogP contribution in [-0.2, 0) is 13.0 Å². The monoisotopic (exact) mass is 424 g/mol. The molecule has 6 nitrogen and oxygen atoms in total. The van der Waals surface area contributed by atoms with Crippen LogP contribution in [0.3, 0.4) is 0 Å². The molecule has 0 saturated carbocycles. The lowest BCUT2D eigenvalue weighted by atomic mass is 10.1. The van der Waals surface area contributed by atoms with Gasteiger partial charge < -0.3 is 10.6 Å². The largest absolute Gasteiger partial charge is 0.357 e. The highest BCUT2D eigenvalue weighted by Gasteiger charge is 2.20. The van der Waals surface area contributed by atoms with Crippen LogP contribution >= 0.6 is 35.7 Å². The zero-order valence-electron chi connectivity index (χ0n) is 12.7. The third-order valence-corrected chi connectivity index (χ3v) is 3.96. The van der Waals surface area contributed by atoms with Gasteiger partial charge in [-0.2, -0.15) is 16.9 Å². The second-order valence-electron chi connectivity index (χ2n) is 4.85. The molecule has 0 spiro atoms. The third-order valence-electron chi connectivity index (χ3n) is 3.27. The topological polar surface area (TPSA) is 67.1 Å². The van der Waals surface area contributed by atoms with Crippen LogP contribution in [0.2, 0.25) is 0 Å². The number of nitrogens with zero attached hydrogens (tertiary/aromatic N) is 4. The van der Waals surface area contributed by atoms with E-state index in [-0.39, 0.29) is 24.0 Å². The SMILES string of the molecule is CCNC(=NCCCSC)NC1CCc2ncnn2C1.I. The molecule has 0 fully saturated rings. The molecule has 0 aliphatic carbocycles. The predicted molar refractivity (Wildman–Crippen MR) is 99.7 cm³/mol. The zero-order chi connectivity index (χ0) is 14.2. The van der Waals surface area contributed by atoms with Crippen molar-refractivity contribution in [1.82, 2.24) is 25.4 Å². The summed E-state index contributed by atoms with van der Waals surface area (Å²) in [4.78, 5) is 8.88. The number of thioether (sulfide) groups is 1. The first-order valence-corrected chi connectivity index (χ1v) is 8.63. The van der Waals surface area contributed by atoms with Crippen molar-refractivity contribution < 1.29 is 0 Å². The summed E-state index contributed by atoms with van der Waals surface area (Å²) in [6, 6.07) is 0.377. The van der Waals surface area contributed by atoms with Crippen LogP contribution in [0.4, 0.5) is 0 Å². The molecule has 1 aliphatic heterocycles. The molecule has 0 radical (unpaired) electrons. The van der Waals surface area contributed by atoms with Gasteiger partial charge in [-0.05, 0) is 31.8 Å². The lowest BCUT2D eigenvalue weighted by molar-refractivity contribution is 0.393. The fourth-order valence-corrected chi connectivity index (χ4v) is 2.69. The Bertz CT molecular complexity index is 436. The number of halogens is 1. The second-order valence-corrected chi connectivity index (χ2v) is 5.83. The number of hydrogen-bond acceptors (Lipinski definition) is 4. The van der Waals surface area contributed by atoms with E-state index in [0.717, 1.165) is 56.4 Å². The number of aryl methyl sites for hydroxylation is 1. The molecule has 1 aliphatic rings. The highest BCUT2D eigenvalue weighted by atomic mass is 127. The van der Waals surface area contributed by atoms with E-state index >= 15 is 0 Å². The molecule has 1 aromatic rings. The average molecular weight is 424 g/mol. The summed E-state index contributed by atoms with van der Waals surface area (Å²) < 4.78 is 1.98. The zero-order valence-corrected chi connectivity index (χ0v) is 15.9. The molecular weight excluding hydrogens is 399 g/mol. The van der Waals surface area contributed by atoms with Crippen LogP contribution in [0.1, 0.15) is 25.6 Å². The van der Waals surface area contributed by atoms with Gasteiger partial charge in [-0.15, -0.1) is 24.0 Å². The number of guanidine groups is 1. The van der Waals surface area contributed by atoms with Gasteiger partial charge in [-0.25, -0.2) is 9.67 Å². The summed E-state index contributed by atoms with van der Waals surface area (Å²) in [5, 5.41) is 11.1. The van der Waals surface area contributed by atoms with E-state index in [1.165, 1.54) is 0 Å². The Morgan fingerprint density at radius 2 is 2.43 bits per heavy atom. The summed E-state index contributed by atoms with van der Waals surface area (Å²) in [7, 11) is 0. The Kier molecular flexibility index (Phi) is 9.05. The highest BCUT2D eigenvalue weighted by Crippen LogP contribution is 2.11. The Morgan fingerprint density at radius 1 is 1.57 bits per heavy atom. The van der Waals surface area contributed by atoms with Crippen LogP contribution in [0.5, 0.6) is 0 Å². The van der Waals surface area contributed by atoms with Crippen molar-refractivity contribution >= 4 is 41.7 Å². The lowest BCUT2D eigenvalue weighted by Crippen LogP contribution is -2.47. The lowest BCUT2D eigenvalue weighted by Gasteiger charge is -2.25. The maximum absolute atomic E-state index is 4.62. The molecular formula is C13H25IN6S. The number of hydrogen-bond donors (Lipinski definition) is 2. The van der Waals surface area contributed by atoms with Gasteiger partial charge >= 0.3 is 0 Å². The smallest absolute Gasteiger partial charge is 0.191 e. The molecule has 1 atom stereocenters. The first-order chi connectivity index (χ1) is 9.83. The van der Waals surface area contributed by atoms with Gasteiger partial charge in [0.2, 0.25) is 0 Å². The Morgan fingerprint density at radius 3 is 3.19 bits per heavy atom. The van der Waals surface area contributed by atoms with Crippen molar-refractivity contribution in [2.24, 2.45) is 4.99 Å². The van der Waals surface area contributed by atoms with E-state index in [4.69, 9.17) is 0 Å². The molecule has 0 saturated heterocycles. The van der Waals surface area contributed by atoms with Crippen molar-refractivity contribution in [3.63, 3.8) is 0 Å². The standard InChI is InChI=1S/C13H24N6S.HI/c1-3-14-13(15-7-4-8-20-2)18-11-5-6-12-16-10-17-19(12)9-11;/h10-11H,3-9H2,1-2H3,(H2,14,15,18);1H. The predicted octanol–water partition coefficient (Wildman–Crippen LogP) is 1.52. The minimum atomic E-state index is 0. The maximum atomic E-state index is 4.62. The molecule has 120 valence electrons. The molecule has 2 rings (SSSR count). The summed E-state index contributed by atoms with van der Waals surface area (Å²) >= 11 is 1.87. The van der Waals surface area contributed by atoms with E-state index < -0.39 is 0 Å². The molecule has 1 aromatic heterocycles. The highest BCUT2D eigenvalue weighted by molar-refractivity contribution is 14.0. The van der Waals surface area contributed by atoms with Crippen molar-refractivity contribution in [3.8, 4) is 0 Å². The van der Waals surface area contributed by atoms with Crippen molar-refractivity contribution in [2.45, 2.75) is 38.8 Å². The number of fused-ring (bicyclic) bond motifs is 1. The first-order valence-electron chi connectivity index (χ1n) is 7.24. The molecule has 21 heavy (non-hydrogen) atoms. The maximum Gasteiger partial charge on any atom is 0.191 e. The number of aliphatic imine (C=N–C) groups is 1. The third kappa shape index (κ3) is 6.01. The Labute approximate surface area is 148 Å². The van der Waals surface area contributed by atoms with E-state index in [0.29, 0.717) is 6.04 Å². The molecule has 2 heterocycles. The van der Waals surface area contributed by atoms with Gasteiger partial charge in [0.15, 0.2) is 5.96 Å². The van der Waals surface area contributed by atoms with Crippen LogP contribution < -0.4 is 10.6 Å². The Balaban J connectivity index is 0.00000220. The van der Waals surface area contributed by atoms with Gasteiger partial charge in [-0.1, -0.05) is 0 Å². The quantitative estimate of drug-likeness (QED) is 0.314. The van der Waals surface area contributed by atoms with Gasteiger partial charge in [0.25, 0.3) is 0 Å². The molecule has 2 N–H and O–H groups in total. The van der Waals surface area contributed by atoms with E-state index in [1.54, 1.807) is 6.33 Å². The molecule has 0 bridgehead atoms. The van der Waals surface area contributed by atoms with Crippen LogP contribution in [0, 0.1) is 0 Å². The number of aromatic nitrogens is 3. The minimum absolute atomic E-state index is 0. The van der Waals surface area contributed by atoms with Gasteiger partial charge in [0, 0.05) is 25.6 Å². The molecule has 0 amide bonds. The van der Waals surface area contributed by atoms with Crippen LogP contribution in [0.25, 0.3) is 0 Å². The minimum Gasteiger partial charge on any atom is -0.357 e. The number of rotatable bonds is 6. The Hall–Kier alpha value is -0.510. The van der Waals surface area contributed by atoms with Crippen molar-refractivity contribution in [1.29, 1.82) is 0 Å². The number of nitrogens with one attached hydrogen (secondary N) is 2. The summed E-state index contributed by atoms with van der Waals surface area (Å²) in [6.45, 7) is 4.72. The van der Waals surface area contributed by atoms with Gasteiger partial charge in [0.05, 0.1) is 6.54 Å². The fourth-order valence-electron chi connectivity index (χ4n) is 2.27. The second kappa shape index (κ2) is 10.3. The molecule has 1 unspecified atom stereocenters. The van der Waals surface area contributed by atoms with Gasteiger partial charge in [0.1, 0.15) is 12.2 Å². The van der Waals surface area contributed by atoms with Crippen LogP contribution in [-0.4, -0.2) is 51.9 Å². The molecule has 8 heteroatoms. The normalized spacial score (nSPS) is 17.8. The van der Waals surface area contributed by atoms with E-state index in [2.05, 4.69) is 38.9 Å². The van der Waals surface area contributed by atoms with Gasteiger partial charge in [-0.3, -0.25) is 4.99 Å². The summed E-state index contributed by atoms with van der Waals surface area (Å²) in [5.74, 6) is 3.17. The molecule has 0 aromatic carbocycles. The van der Waals surface area contributed by atoms with Crippen LogP contribution in [0.15, 0.2) is 11.3 Å². The summed E-state index contributed by atoms with van der Waals surface area (Å²) in [6.07, 6.45) is 6.94. The van der Waals surface area contributed by atoms with E-state index in [1.807, 2.05) is 16.4 Å². The average Bonchev–Trinajstić information content (AvgIpc) is 2.91. The fraction of sp³-hybridized carbons (Fsp3) is 0.769.